The predicted molar refractivity (Wildman–Crippen MR) is 86.7 cm³/mol. The monoisotopic (exact) mass is 289 g/mol. The van der Waals surface area contributed by atoms with Gasteiger partial charge in [0.1, 0.15) is 11.9 Å². The average molecular weight is 289 g/mol. The zero-order chi connectivity index (χ0) is 14.7. The Morgan fingerprint density at radius 3 is 2.45 bits per heavy atom. The molecule has 0 saturated heterocycles. The summed E-state index contributed by atoms with van der Waals surface area (Å²) in [4.78, 5) is 1.22. The Morgan fingerprint density at radius 2 is 1.90 bits per heavy atom. The van der Waals surface area contributed by atoms with Gasteiger partial charge in [-0.1, -0.05) is 26.0 Å². The third-order valence-electron chi connectivity index (χ3n) is 3.56. The van der Waals surface area contributed by atoms with E-state index in [1.165, 1.54) is 16.0 Å². The van der Waals surface area contributed by atoms with Gasteiger partial charge in [0.2, 0.25) is 0 Å². The van der Waals surface area contributed by atoms with Gasteiger partial charge in [0, 0.05) is 11.4 Å². The van der Waals surface area contributed by atoms with Gasteiger partial charge >= 0.3 is 0 Å². The molecular formula is C17H23NOS. The summed E-state index contributed by atoms with van der Waals surface area (Å²) >= 11 is 1.71. The van der Waals surface area contributed by atoms with Crippen molar-refractivity contribution in [2.45, 2.75) is 39.7 Å². The first-order valence-electron chi connectivity index (χ1n) is 7.04. The van der Waals surface area contributed by atoms with E-state index in [4.69, 9.17) is 10.5 Å². The molecule has 1 unspecified atom stereocenters. The van der Waals surface area contributed by atoms with E-state index in [1.54, 1.807) is 11.3 Å². The summed E-state index contributed by atoms with van der Waals surface area (Å²) in [5.41, 5.74) is 9.61. The van der Waals surface area contributed by atoms with Crippen molar-refractivity contribution in [3.63, 3.8) is 0 Å². The van der Waals surface area contributed by atoms with Crippen LogP contribution in [-0.2, 0) is 0 Å². The first kappa shape index (κ1) is 15.1. The highest BCUT2D eigenvalue weighted by atomic mass is 32.1. The molecule has 0 aliphatic carbocycles. The number of ether oxygens (including phenoxy) is 1. The fourth-order valence-corrected chi connectivity index (χ4v) is 3.15. The largest absolute Gasteiger partial charge is 0.483 e. The topological polar surface area (TPSA) is 35.2 Å². The second kappa shape index (κ2) is 6.42. The minimum atomic E-state index is -0.0592. The molecule has 1 aromatic heterocycles. The third kappa shape index (κ3) is 3.22. The van der Waals surface area contributed by atoms with Crippen molar-refractivity contribution in [3.05, 3.63) is 51.2 Å². The predicted octanol–water partition coefficient (Wildman–Crippen LogP) is 4.57. The molecule has 0 aliphatic rings. The summed E-state index contributed by atoms with van der Waals surface area (Å²) in [5.74, 6) is 1.44. The summed E-state index contributed by atoms with van der Waals surface area (Å²) in [7, 11) is 0. The maximum absolute atomic E-state index is 6.20. The van der Waals surface area contributed by atoms with Crippen LogP contribution in [0.1, 0.15) is 47.4 Å². The van der Waals surface area contributed by atoms with E-state index in [1.807, 2.05) is 0 Å². The van der Waals surface area contributed by atoms with E-state index in [9.17, 15) is 0 Å². The van der Waals surface area contributed by atoms with E-state index in [0.29, 0.717) is 12.5 Å². The number of aryl methyl sites for hydroxylation is 2. The van der Waals surface area contributed by atoms with Gasteiger partial charge < -0.3 is 10.5 Å². The summed E-state index contributed by atoms with van der Waals surface area (Å²) in [5, 5.41) is 2.09. The van der Waals surface area contributed by atoms with Crippen LogP contribution in [0.3, 0.4) is 0 Å². The van der Waals surface area contributed by atoms with E-state index in [-0.39, 0.29) is 6.10 Å². The Kier molecular flexibility index (Phi) is 4.84. The van der Waals surface area contributed by atoms with Crippen LogP contribution in [0.15, 0.2) is 29.6 Å². The molecule has 0 bridgehead atoms. The Morgan fingerprint density at radius 1 is 1.15 bits per heavy atom. The molecule has 1 atom stereocenters. The van der Waals surface area contributed by atoms with E-state index < -0.39 is 0 Å². The van der Waals surface area contributed by atoms with Gasteiger partial charge in [-0.2, -0.15) is 0 Å². The molecule has 2 nitrogen and oxygen atoms in total. The first-order valence-corrected chi connectivity index (χ1v) is 7.92. The molecule has 0 aliphatic heterocycles. The van der Waals surface area contributed by atoms with E-state index in [0.717, 1.165) is 11.3 Å². The number of nitrogens with two attached hydrogens (primary N) is 1. The lowest BCUT2D eigenvalue weighted by atomic mass is 10.0. The van der Waals surface area contributed by atoms with Crippen molar-refractivity contribution in [2.75, 3.05) is 6.54 Å². The Labute approximate surface area is 125 Å². The third-order valence-corrected chi connectivity index (χ3v) is 4.67. The molecule has 2 rings (SSSR count). The van der Waals surface area contributed by atoms with E-state index in [2.05, 4.69) is 57.3 Å². The SMILES string of the molecule is Cc1ccc(C(C)C)cc1OC(CN)c1sccc1C. The molecule has 2 N–H and O–H groups in total. The van der Waals surface area contributed by atoms with E-state index >= 15 is 0 Å². The van der Waals surface area contributed by atoms with Crippen LogP contribution in [0.5, 0.6) is 5.75 Å². The molecule has 1 aromatic carbocycles. The summed E-state index contributed by atoms with van der Waals surface area (Å²) in [6.45, 7) is 9.06. The number of thiophene rings is 1. The zero-order valence-electron chi connectivity index (χ0n) is 12.6. The highest BCUT2D eigenvalue weighted by Crippen LogP contribution is 2.31. The van der Waals surface area contributed by atoms with Crippen molar-refractivity contribution >= 4 is 11.3 Å². The van der Waals surface area contributed by atoms with Crippen LogP contribution in [0, 0.1) is 13.8 Å². The number of benzene rings is 1. The molecule has 2 aromatic rings. The second-order valence-corrected chi connectivity index (χ2v) is 6.44. The molecule has 1 heterocycles. The molecule has 0 radical (unpaired) electrons. The van der Waals surface area contributed by atoms with Gasteiger partial charge in [0.05, 0.1) is 0 Å². The van der Waals surface area contributed by atoms with Crippen molar-refractivity contribution in [1.29, 1.82) is 0 Å². The van der Waals surface area contributed by atoms with Crippen LogP contribution in [0.2, 0.25) is 0 Å². The molecule has 0 saturated carbocycles. The maximum Gasteiger partial charge on any atom is 0.145 e. The molecule has 0 fully saturated rings. The maximum atomic E-state index is 6.20. The standard InChI is InChI=1S/C17H23NOS/c1-11(2)14-6-5-12(3)15(9-14)19-16(10-18)17-13(4)7-8-20-17/h5-9,11,16H,10,18H2,1-4H3. The van der Waals surface area contributed by atoms with Crippen molar-refractivity contribution in [1.82, 2.24) is 0 Å². The molecular weight excluding hydrogens is 266 g/mol. The Bertz CT molecular complexity index is 574. The minimum absolute atomic E-state index is 0.0592. The van der Waals surface area contributed by atoms with Crippen LogP contribution in [0.25, 0.3) is 0 Å². The van der Waals surface area contributed by atoms with Gasteiger partial charge in [-0.25, -0.2) is 0 Å². The highest BCUT2D eigenvalue weighted by molar-refractivity contribution is 7.10. The number of hydrogen-bond acceptors (Lipinski definition) is 3. The minimum Gasteiger partial charge on any atom is -0.483 e. The Hall–Kier alpha value is -1.32. The fraction of sp³-hybridized carbons (Fsp3) is 0.412. The number of rotatable bonds is 5. The lowest BCUT2D eigenvalue weighted by molar-refractivity contribution is 0.215. The smallest absolute Gasteiger partial charge is 0.145 e. The Balaban J connectivity index is 2.28. The zero-order valence-corrected chi connectivity index (χ0v) is 13.5. The molecule has 0 spiro atoms. The van der Waals surface area contributed by atoms with Crippen LogP contribution in [0.4, 0.5) is 0 Å². The lowest BCUT2D eigenvalue weighted by Gasteiger charge is -2.20. The molecule has 20 heavy (non-hydrogen) atoms. The summed E-state index contributed by atoms with van der Waals surface area (Å²) in [6.07, 6.45) is -0.0592. The van der Waals surface area contributed by atoms with Crippen LogP contribution >= 0.6 is 11.3 Å². The highest BCUT2D eigenvalue weighted by Gasteiger charge is 2.17. The summed E-state index contributed by atoms with van der Waals surface area (Å²) in [6, 6.07) is 8.55. The van der Waals surface area contributed by atoms with Gasteiger partial charge in [-0.3, -0.25) is 0 Å². The molecule has 0 amide bonds. The van der Waals surface area contributed by atoms with Crippen LogP contribution in [-0.4, -0.2) is 6.54 Å². The van der Waals surface area contributed by atoms with Gasteiger partial charge in [0.25, 0.3) is 0 Å². The fourth-order valence-electron chi connectivity index (χ4n) is 2.18. The van der Waals surface area contributed by atoms with Gasteiger partial charge in [-0.05, 0) is 54.0 Å². The van der Waals surface area contributed by atoms with Crippen molar-refractivity contribution in [2.24, 2.45) is 5.73 Å². The normalized spacial score (nSPS) is 12.7. The first-order chi connectivity index (χ1) is 9.52. The van der Waals surface area contributed by atoms with Gasteiger partial charge in [0.15, 0.2) is 0 Å². The average Bonchev–Trinajstić information content (AvgIpc) is 2.83. The van der Waals surface area contributed by atoms with Crippen LogP contribution < -0.4 is 10.5 Å². The second-order valence-electron chi connectivity index (χ2n) is 5.49. The van der Waals surface area contributed by atoms with Crippen molar-refractivity contribution < 1.29 is 4.74 Å². The summed E-state index contributed by atoms with van der Waals surface area (Å²) < 4.78 is 6.20. The van der Waals surface area contributed by atoms with Gasteiger partial charge in [-0.15, -0.1) is 11.3 Å². The molecule has 3 heteroatoms. The quantitative estimate of drug-likeness (QED) is 0.875. The number of hydrogen-bond donors (Lipinski definition) is 1. The molecule has 108 valence electrons. The van der Waals surface area contributed by atoms with Crippen molar-refractivity contribution in [3.8, 4) is 5.75 Å². The lowest BCUT2D eigenvalue weighted by Crippen LogP contribution is -2.18.